The van der Waals surface area contributed by atoms with E-state index in [1.165, 1.54) is 4.88 Å². The summed E-state index contributed by atoms with van der Waals surface area (Å²) in [6.45, 7) is 9.44. The molecular formula is C14H20N2OS. The maximum Gasteiger partial charge on any atom is 0.196 e. The lowest BCUT2D eigenvalue weighted by atomic mass is 10.1. The fourth-order valence-electron chi connectivity index (χ4n) is 1.65. The zero-order valence-electron chi connectivity index (χ0n) is 11.4. The molecule has 18 heavy (non-hydrogen) atoms. The predicted octanol–water partition coefficient (Wildman–Crippen LogP) is 3.64. The van der Waals surface area contributed by atoms with Crippen molar-refractivity contribution in [2.24, 2.45) is 0 Å². The molecule has 0 aliphatic carbocycles. The second-order valence-electron chi connectivity index (χ2n) is 5.46. The Labute approximate surface area is 112 Å². The van der Waals surface area contributed by atoms with Gasteiger partial charge in [0.1, 0.15) is 0 Å². The molecule has 0 fully saturated rings. The molecule has 1 N–H and O–H groups in total. The van der Waals surface area contributed by atoms with E-state index in [4.69, 9.17) is 4.42 Å². The highest BCUT2D eigenvalue weighted by molar-refractivity contribution is 7.15. The minimum Gasteiger partial charge on any atom is -0.440 e. The van der Waals surface area contributed by atoms with Crippen LogP contribution in [0.25, 0.3) is 10.6 Å². The normalized spacial score (nSPS) is 12.0. The first-order valence-corrected chi connectivity index (χ1v) is 7.02. The van der Waals surface area contributed by atoms with Crippen LogP contribution in [0.4, 0.5) is 0 Å². The third-order valence-electron chi connectivity index (χ3n) is 2.53. The van der Waals surface area contributed by atoms with Crippen molar-refractivity contribution >= 4 is 11.3 Å². The minimum atomic E-state index is 0.139. The molecule has 0 unspecified atom stereocenters. The molecular weight excluding hydrogens is 244 g/mol. The van der Waals surface area contributed by atoms with Crippen LogP contribution in [0.2, 0.25) is 0 Å². The summed E-state index contributed by atoms with van der Waals surface area (Å²) in [6.07, 6.45) is 2.64. The van der Waals surface area contributed by atoms with Crippen molar-refractivity contribution in [2.75, 3.05) is 6.54 Å². The Hall–Kier alpha value is -1.13. The minimum absolute atomic E-state index is 0.139. The largest absolute Gasteiger partial charge is 0.440 e. The third kappa shape index (κ3) is 3.68. The summed E-state index contributed by atoms with van der Waals surface area (Å²) in [4.78, 5) is 6.76. The van der Waals surface area contributed by atoms with E-state index in [0.29, 0.717) is 0 Å². The molecule has 0 aliphatic rings. The van der Waals surface area contributed by atoms with Crippen LogP contribution in [0.3, 0.4) is 0 Å². The number of aryl methyl sites for hydroxylation is 1. The molecule has 0 saturated carbocycles. The number of aromatic nitrogens is 1. The van der Waals surface area contributed by atoms with Crippen LogP contribution in [0, 0.1) is 6.92 Å². The van der Waals surface area contributed by atoms with Crippen LogP contribution in [0.15, 0.2) is 22.7 Å². The number of thiophene rings is 1. The molecule has 0 amide bonds. The Kier molecular flexibility index (Phi) is 3.88. The summed E-state index contributed by atoms with van der Waals surface area (Å²) in [7, 11) is 0. The zero-order valence-corrected chi connectivity index (χ0v) is 12.2. The topological polar surface area (TPSA) is 38.1 Å². The first-order valence-electron chi connectivity index (χ1n) is 6.20. The Bertz CT molecular complexity index is 508. The van der Waals surface area contributed by atoms with E-state index in [1.54, 1.807) is 11.3 Å². The number of hydrogen-bond acceptors (Lipinski definition) is 4. The summed E-state index contributed by atoms with van der Waals surface area (Å²) in [5.41, 5.74) is 0.139. The van der Waals surface area contributed by atoms with Crippen LogP contribution < -0.4 is 5.32 Å². The molecule has 3 nitrogen and oxygen atoms in total. The summed E-state index contributed by atoms with van der Waals surface area (Å²) >= 11 is 1.73. The van der Waals surface area contributed by atoms with Gasteiger partial charge in [-0.25, -0.2) is 4.98 Å². The second kappa shape index (κ2) is 5.24. The van der Waals surface area contributed by atoms with E-state index >= 15 is 0 Å². The highest BCUT2D eigenvalue weighted by Crippen LogP contribution is 2.28. The quantitative estimate of drug-likeness (QED) is 0.916. The number of hydrogen-bond donors (Lipinski definition) is 1. The molecule has 0 aliphatic heterocycles. The van der Waals surface area contributed by atoms with Crippen LogP contribution in [-0.4, -0.2) is 17.1 Å². The maximum atomic E-state index is 5.76. The van der Waals surface area contributed by atoms with E-state index in [0.717, 1.165) is 29.5 Å². The van der Waals surface area contributed by atoms with Gasteiger partial charge in [0.15, 0.2) is 11.7 Å². The molecule has 0 spiro atoms. The van der Waals surface area contributed by atoms with Gasteiger partial charge in [-0.15, -0.1) is 11.3 Å². The Morgan fingerprint density at radius 3 is 2.72 bits per heavy atom. The molecule has 2 heterocycles. The van der Waals surface area contributed by atoms with E-state index in [9.17, 15) is 0 Å². The van der Waals surface area contributed by atoms with Crippen molar-refractivity contribution < 1.29 is 4.42 Å². The summed E-state index contributed by atoms with van der Waals surface area (Å²) in [5.74, 6) is 1.67. The highest BCUT2D eigenvalue weighted by Gasteiger charge is 2.11. The number of nitrogens with zero attached hydrogens (tertiary/aromatic N) is 1. The summed E-state index contributed by atoms with van der Waals surface area (Å²) < 4.78 is 5.76. The van der Waals surface area contributed by atoms with Crippen LogP contribution in [0.5, 0.6) is 0 Å². The van der Waals surface area contributed by atoms with Gasteiger partial charge in [-0.3, -0.25) is 0 Å². The molecule has 0 atom stereocenters. The van der Waals surface area contributed by atoms with Crippen molar-refractivity contribution in [2.45, 2.75) is 39.7 Å². The van der Waals surface area contributed by atoms with Gasteiger partial charge in [0.2, 0.25) is 0 Å². The van der Waals surface area contributed by atoms with Crippen molar-refractivity contribution in [3.8, 4) is 10.6 Å². The average molecular weight is 264 g/mol. The molecule has 0 saturated heterocycles. The van der Waals surface area contributed by atoms with Gasteiger partial charge >= 0.3 is 0 Å². The van der Waals surface area contributed by atoms with Crippen molar-refractivity contribution in [3.05, 3.63) is 29.1 Å². The van der Waals surface area contributed by atoms with E-state index in [-0.39, 0.29) is 5.54 Å². The smallest absolute Gasteiger partial charge is 0.196 e. The fraction of sp³-hybridized carbons (Fsp3) is 0.500. The van der Waals surface area contributed by atoms with Gasteiger partial charge < -0.3 is 9.73 Å². The fourth-order valence-corrected chi connectivity index (χ4v) is 2.47. The highest BCUT2D eigenvalue weighted by atomic mass is 32.1. The Morgan fingerprint density at radius 1 is 1.33 bits per heavy atom. The lowest BCUT2D eigenvalue weighted by molar-refractivity contribution is 0.412. The van der Waals surface area contributed by atoms with E-state index in [1.807, 2.05) is 6.20 Å². The lowest BCUT2D eigenvalue weighted by Crippen LogP contribution is -2.37. The van der Waals surface area contributed by atoms with Crippen molar-refractivity contribution in [3.63, 3.8) is 0 Å². The van der Waals surface area contributed by atoms with Crippen molar-refractivity contribution in [1.82, 2.24) is 10.3 Å². The maximum absolute atomic E-state index is 5.76. The second-order valence-corrected chi connectivity index (χ2v) is 6.74. The number of oxazole rings is 1. The molecule has 98 valence electrons. The third-order valence-corrected chi connectivity index (χ3v) is 3.55. The van der Waals surface area contributed by atoms with Gasteiger partial charge in [-0.1, -0.05) is 0 Å². The van der Waals surface area contributed by atoms with Crippen LogP contribution in [-0.2, 0) is 6.42 Å². The van der Waals surface area contributed by atoms with Crippen LogP contribution >= 0.6 is 11.3 Å². The van der Waals surface area contributed by atoms with E-state index < -0.39 is 0 Å². The molecule has 0 radical (unpaired) electrons. The molecule has 4 heteroatoms. The summed E-state index contributed by atoms with van der Waals surface area (Å²) in [6, 6.07) is 4.18. The van der Waals surface area contributed by atoms with Gasteiger partial charge in [0.05, 0.1) is 11.1 Å². The van der Waals surface area contributed by atoms with E-state index in [2.05, 4.69) is 50.1 Å². The van der Waals surface area contributed by atoms with Crippen LogP contribution in [0.1, 0.15) is 31.5 Å². The van der Waals surface area contributed by atoms with Gasteiger partial charge in [0.25, 0.3) is 0 Å². The lowest BCUT2D eigenvalue weighted by Gasteiger charge is -2.19. The molecule has 2 aromatic heterocycles. The van der Waals surface area contributed by atoms with Crippen molar-refractivity contribution in [1.29, 1.82) is 0 Å². The predicted molar refractivity (Wildman–Crippen MR) is 76.0 cm³/mol. The first kappa shape index (κ1) is 13.3. The number of nitrogens with one attached hydrogen (secondary N) is 1. The van der Waals surface area contributed by atoms with Gasteiger partial charge in [-0.05, 0) is 39.8 Å². The molecule has 2 rings (SSSR count). The summed E-state index contributed by atoms with van der Waals surface area (Å²) in [5, 5.41) is 3.43. The SMILES string of the molecule is Cc1ccc(-c2cnc(CCNC(C)(C)C)o2)s1. The molecule has 0 bridgehead atoms. The van der Waals surface area contributed by atoms with Gasteiger partial charge in [0, 0.05) is 23.4 Å². The molecule has 2 aromatic rings. The first-order chi connectivity index (χ1) is 8.44. The standard InChI is InChI=1S/C14H20N2OS/c1-10-5-6-12(18-10)11-9-15-13(17-11)7-8-16-14(2,3)4/h5-6,9,16H,7-8H2,1-4H3. The monoisotopic (exact) mass is 264 g/mol. The molecule has 0 aromatic carbocycles. The Balaban J connectivity index is 1.94. The van der Waals surface area contributed by atoms with Gasteiger partial charge in [-0.2, -0.15) is 0 Å². The zero-order chi connectivity index (χ0) is 13.2. The number of rotatable bonds is 4. The average Bonchev–Trinajstić information content (AvgIpc) is 2.85. The Morgan fingerprint density at radius 2 is 2.11 bits per heavy atom.